The van der Waals surface area contributed by atoms with E-state index in [2.05, 4.69) is 10.0 Å². The van der Waals surface area contributed by atoms with E-state index in [1.165, 1.54) is 24.3 Å². The zero-order valence-electron chi connectivity index (χ0n) is 18.7. The van der Waals surface area contributed by atoms with Gasteiger partial charge in [0.1, 0.15) is 17.2 Å². The maximum Gasteiger partial charge on any atom is 0.256 e. The van der Waals surface area contributed by atoms with E-state index in [1.807, 2.05) is 66.9 Å². The number of carbonyl (C=O) groups is 1. The topological polar surface area (TPSA) is 92.6 Å². The highest BCUT2D eigenvalue weighted by Crippen LogP contribution is 2.30. The van der Waals surface area contributed by atoms with E-state index in [-0.39, 0.29) is 16.8 Å². The van der Waals surface area contributed by atoms with Gasteiger partial charge >= 0.3 is 0 Å². The standard InChI is InChI=1S/C25H26N4O3S/c1-4-18(3)28-33(31,32)21-14-12-20(13-15-21)25(30)27-24-22(19-10-6-5-7-11-19)26-23-17(2)9-8-16-29(23)24/h5-16,18,28H,4H2,1-3H3,(H,27,30). The molecule has 0 saturated carbocycles. The number of nitrogens with zero attached hydrogens (tertiary/aromatic N) is 2. The smallest absolute Gasteiger partial charge is 0.256 e. The number of sulfonamides is 1. The SMILES string of the molecule is CCC(C)NS(=O)(=O)c1ccc(C(=O)Nc2c(-c3ccccc3)nc3c(C)cccn23)cc1. The zero-order chi connectivity index (χ0) is 23.6. The molecule has 1 amide bonds. The zero-order valence-corrected chi connectivity index (χ0v) is 19.6. The average Bonchev–Trinajstić information content (AvgIpc) is 3.19. The van der Waals surface area contributed by atoms with Crippen LogP contribution in [0.4, 0.5) is 5.82 Å². The van der Waals surface area contributed by atoms with Crippen LogP contribution in [0.2, 0.25) is 0 Å². The fourth-order valence-corrected chi connectivity index (χ4v) is 4.83. The normalized spacial score (nSPS) is 12.6. The summed E-state index contributed by atoms with van der Waals surface area (Å²) in [7, 11) is -3.64. The van der Waals surface area contributed by atoms with E-state index < -0.39 is 10.0 Å². The molecule has 0 aliphatic rings. The first-order chi connectivity index (χ1) is 15.8. The first-order valence-electron chi connectivity index (χ1n) is 10.8. The van der Waals surface area contributed by atoms with E-state index in [1.54, 1.807) is 6.92 Å². The van der Waals surface area contributed by atoms with Gasteiger partial charge in [0.15, 0.2) is 0 Å². The van der Waals surface area contributed by atoms with Gasteiger partial charge in [0.05, 0.1) is 4.90 Å². The number of anilines is 1. The van der Waals surface area contributed by atoms with Crippen molar-refractivity contribution in [1.82, 2.24) is 14.1 Å². The molecular weight excluding hydrogens is 436 g/mol. The van der Waals surface area contributed by atoms with Crippen molar-refractivity contribution in [3.63, 3.8) is 0 Å². The lowest BCUT2D eigenvalue weighted by atomic mass is 10.1. The number of nitrogens with one attached hydrogen (secondary N) is 2. The third kappa shape index (κ3) is 4.67. The van der Waals surface area contributed by atoms with Crippen LogP contribution < -0.4 is 10.0 Å². The highest BCUT2D eigenvalue weighted by Gasteiger charge is 2.20. The molecule has 2 aromatic carbocycles. The summed E-state index contributed by atoms with van der Waals surface area (Å²) in [5.41, 5.74) is 3.63. The Labute approximate surface area is 193 Å². The second kappa shape index (κ2) is 9.17. The van der Waals surface area contributed by atoms with Crippen molar-refractivity contribution >= 4 is 27.4 Å². The molecule has 8 heteroatoms. The number of hydrogen-bond acceptors (Lipinski definition) is 4. The van der Waals surface area contributed by atoms with Gasteiger partial charge < -0.3 is 5.32 Å². The summed E-state index contributed by atoms with van der Waals surface area (Å²) in [5, 5.41) is 2.97. The average molecular weight is 463 g/mol. The summed E-state index contributed by atoms with van der Waals surface area (Å²) < 4.78 is 29.5. The van der Waals surface area contributed by atoms with Crippen LogP contribution >= 0.6 is 0 Å². The summed E-state index contributed by atoms with van der Waals surface area (Å²) in [6.07, 6.45) is 2.54. The molecule has 1 atom stereocenters. The van der Waals surface area contributed by atoms with Gasteiger partial charge in [-0.25, -0.2) is 18.1 Å². The van der Waals surface area contributed by atoms with Crippen molar-refractivity contribution in [1.29, 1.82) is 0 Å². The quantitative estimate of drug-likeness (QED) is 0.419. The highest BCUT2D eigenvalue weighted by molar-refractivity contribution is 7.89. The Bertz CT molecular complexity index is 1400. The Balaban J connectivity index is 1.67. The van der Waals surface area contributed by atoms with E-state index in [4.69, 9.17) is 4.98 Å². The highest BCUT2D eigenvalue weighted by atomic mass is 32.2. The van der Waals surface area contributed by atoms with Crippen LogP contribution in [0.25, 0.3) is 16.9 Å². The van der Waals surface area contributed by atoms with Gasteiger partial charge in [0.2, 0.25) is 10.0 Å². The number of fused-ring (bicyclic) bond motifs is 1. The molecule has 0 bridgehead atoms. The second-order valence-electron chi connectivity index (χ2n) is 7.97. The number of amides is 1. The lowest BCUT2D eigenvalue weighted by molar-refractivity contribution is 0.102. The molecule has 33 heavy (non-hydrogen) atoms. The van der Waals surface area contributed by atoms with E-state index in [9.17, 15) is 13.2 Å². The summed E-state index contributed by atoms with van der Waals surface area (Å²) in [6.45, 7) is 5.68. The first-order valence-corrected chi connectivity index (χ1v) is 12.3. The van der Waals surface area contributed by atoms with Crippen LogP contribution in [0.1, 0.15) is 36.2 Å². The van der Waals surface area contributed by atoms with Gasteiger partial charge in [0, 0.05) is 23.4 Å². The molecule has 7 nitrogen and oxygen atoms in total. The van der Waals surface area contributed by atoms with E-state index in [0.717, 1.165) is 16.8 Å². The van der Waals surface area contributed by atoms with Crippen LogP contribution in [-0.2, 0) is 10.0 Å². The lowest BCUT2D eigenvalue weighted by Crippen LogP contribution is -2.32. The first kappa shape index (κ1) is 22.7. The van der Waals surface area contributed by atoms with Crippen LogP contribution in [0.15, 0.2) is 77.8 Å². The molecular formula is C25H26N4O3S. The van der Waals surface area contributed by atoms with Gasteiger partial charge in [0.25, 0.3) is 5.91 Å². The number of pyridine rings is 1. The number of imidazole rings is 1. The predicted octanol–water partition coefficient (Wildman–Crippen LogP) is 4.64. The van der Waals surface area contributed by atoms with Crippen LogP contribution in [0.3, 0.4) is 0 Å². The van der Waals surface area contributed by atoms with Crippen molar-refractivity contribution < 1.29 is 13.2 Å². The molecule has 2 N–H and O–H groups in total. The molecule has 0 radical (unpaired) electrons. The van der Waals surface area contributed by atoms with Crippen molar-refractivity contribution in [2.75, 3.05) is 5.32 Å². The fourth-order valence-electron chi connectivity index (χ4n) is 3.50. The number of rotatable bonds is 7. The monoisotopic (exact) mass is 462 g/mol. The summed E-state index contributed by atoms with van der Waals surface area (Å²) in [4.78, 5) is 18.0. The van der Waals surface area contributed by atoms with Crippen LogP contribution in [-0.4, -0.2) is 29.8 Å². The maximum absolute atomic E-state index is 13.1. The third-order valence-electron chi connectivity index (χ3n) is 5.52. The van der Waals surface area contributed by atoms with Gasteiger partial charge in [-0.15, -0.1) is 0 Å². The third-order valence-corrected chi connectivity index (χ3v) is 7.13. The lowest BCUT2D eigenvalue weighted by Gasteiger charge is -2.12. The molecule has 0 spiro atoms. The summed E-state index contributed by atoms with van der Waals surface area (Å²) in [6, 6.07) is 19.2. The summed E-state index contributed by atoms with van der Waals surface area (Å²) >= 11 is 0. The van der Waals surface area contributed by atoms with Crippen molar-refractivity contribution in [2.24, 2.45) is 0 Å². The van der Waals surface area contributed by atoms with Gasteiger partial charge in [-0.1, -0.05) is 43.3 Å². The molecule has 4 rings (SSSR count). The predicted molar refractivity (Wildman–Crippen MR) is 130 cm³/mol. The van der Waals surface area contributed by atoms with Crippen molar-refractivity contribution in [3.05, 3.63) is 84.1 Å². The molecule has 2 heterocycles. The van der Waals surface area contributed by atoms with Crippen LogP contribution in [0.5, 0.6) is 0 Å². The minimum atomic E-state index is -3.64. The van der Waals surface area contributed by atoms with Gasteiger partial charge in [-0.2, -0.15) is 0 Å². The number of aryl methyl sites for hydroxylation is 1. The van der Waals surface area contributed by atoms with Crippen LogP contribution in [0, 0.1) is 6.92 Å². The molecule has 0 fully saturated rings. The Morgan fingerprint density at radius 2 is 1.73 bits per heavy atom. The largest absolute Gasteiger partial charge is 0.306 e. The Kier molecular flexibility index (Phi) is 6.31. The van der Waals surface area contributed by atoms with Gasteiger partial charge in [-0.05, 0) is 56.2 Å². The molecule has 4 aromatic rings. The minimum Gasteiger partial charge on any atom is -0.306 e. The van der Waals surface area contributed by atoms with E-state index in [0.29, 0.717) is 23.5 Å². The Morgan fingerprint density at radius 1 is 1.03 bits per heavy atom. The van der Waals surface area contributed by atoms with Crippen molar-refractivity contribution in [3.8, 4) is 11.3 Å². The minimum absolute atomic E-state index is 0.120. The molecule has 170 valence electrons. The number of aromatic nitrogens is 2. The number of hydrogen-bond donors (Lipinski definition) is 2. The summed E-state index contributed by atoms with van der Waals surface area (Å²) in [5.74, 6) is 0.203. The maximum atomic E-state index is 13.1. The molecule has 2 aromatic heterocycles. The Hall–Kier alpha value is -3.49. The van der Waals surface area contributed by atoms with Gasteiger partial charge in [-0.3, -0.25) is 9.20 Å². The Morgan fingerprint density at radius 3 is 2.39 bits per heavy atom. The number of benzene rings is 2. The fraction of sp³-hybridized carbons (Fsp3) is 0.200. The molecule has 0 aliphatic carbocycles. The molecule has 0 aliphatic heterocycles. The van der Waals surface area contributed by atoms with Crippen molar-refractivity contribution in [2.45, 2.75) is 38.1 Å². The number of carbonyl (C=O) groups excluding carboxylic acids is 1. The molecule has 1 unspecified atom stereocenters. The van der Waals surface area contributed by atoms with E-state index >= 15 is 0 Å². The molecule has 0 saturated heterocycles. The second-order valence-corrected chi connectivity index (χ2v) is 9.68.